The number of hydrogen-bond acceptors (Lipinski definition) is 14. The molecule has 2 saturated heterocycles. The summed E-state index contributed by atoms with van der Waals surface area (Å²) in [6, 6.07) is -1.13. The molecular weight excluding hydrogens is 891 g/mol. The van der Waals surface area contributed by atoms with Gasteiger partial charge in [-0.1, -0.05) is 66.2 Å². The Balaban J connectivity index is 1.86. The van der Waals surface area contributed by atoms with E-state index in [1.54, 1.807) is 28.3 Å². The highest BCUT2D eigenvalue weighted by Crippen LogP contribution is 2.42. The maximum Gasteiger partial charge on any atom is 0.329 e. The third kappa shape index (κ3) is 14.4. The lowest BCUT2D eigenvalue weighted by Gasteiger charge is -2.47. The highest BCUT2D eigenvalue weighted by molar-refractivity contribution is 6.74. The molecule has 0 aromatic heterocycles. The summed E-state index contributed by atoms with van der Waals surface area (Å²) in [5.41, 5.74) is 1.79. The van der Waals surface area contributed by atoms with Crippen LogP contribution in [0.5, 0.6) is 0 Å². The van der Waals surface area contributed by atoms with Gasteiger partial charge < -0.3 is 53.1 Å². The molecule has 2 bridgehead atoms. The lowest BCUT2D eigenvalue weighted by atomic mass is 9.81. The monoisotopic (exact) mass is 980 g/mol. The average molecular weight is 980 g/mol. The van der Waals surface area contributed by atoms with E-state index >= 15 is 0 Å². The van der Waals surface area contributed by atoms with Crippen molar-refractivity contribution in [2.45, 2.75) is 212 Å². The first-order valence-corrected chi connectivity index (χ1v) is 28.3. The summed E-state index contributed by atoms with van der Waals surface area (Å²) in [5.74, 6) is -7.08. The van der Waals surface area contributed by atoms with Crippen LogP contribution in [-0.2, 0) is 52.0 Å². The van der Waals surface area contributed by atoms with Gasteiger partial charge >= 0.3 is 5.97 Å². The molecule has 0 aromatic rings. The normalized spacial score (nSPS) is 36.6. The van der Waals surface area contributed by atoms with Crippen LogP contribution < -0.4 is 0 Å². The van der Waals surface area contributed by atoms with E-state index in [1.165, 1.54) is 4.90 Å². The molecular formula is C52H89NO14Si. The van der Waals surface area contributed by atoms with E-state index in [9.17, 15) is 34.5 Å². The number of allylic oxidation sites excluding steroid dienone is 3. The van der Waals surface area contributed by atoms with E-state index in [-0.39, 0.29) is 67.3 Å². The summed E-state index contributed by atoms with van der Waals surface area (Å²) < 4.78 is 44.0. The fraction of sp³-hybridized carbons (Fsp3) is 0.846. The zero-order valence-corrected chi connectivity index (χ0v) is 44.9. The largest absolute Gasteiger partial charge is 0.456 e. The molecule has 15 nitrogen and oxygen atoms in total. The molecule has 4 aliphatic rings. The quantitative estimate of drug-likeness (QED) is 0.0792. The lowest BCUT2D eigenvalue weighted by molar-refractivity contribution is -0.302. The molecule has 1 aliphatic carbocycles. The van der Waals surface area contributed by atoms with Gasteiger partial charge in [-0.2, -0.15) is 0 Å². The van der Waals surface area contributed by atoms with Gasteiger partial charge in [0.2, 0.25) is 5.79 Å². The fourth-order valence-corrected chi connectivity index (χ4v) is 12.0. The zero-order valence-electron chi connectivity index (χ0n) is 43.9. The second-order valence-corrected chi connectivity index (χ2v) is 26.9. The maximum atomic E-state index is 14.9. The van der Waals surface area contributed by atoms with Crippen LogP contribution in [-0.4, -0.2) is 154 Å². The van der Waals surface area contributed by atoms with Crippen LogP contribution in [0.25, 0.3) is 0 Å². The Hall–Kier alpha value is -2.38. The number of esters is 1. The number of hydrogen-bond donors (Lipinski definition) is 3. The number of ether oxygens (including phenoxy) is 6. The standard InChI is InChI=1S/C52H89NO14Si/c1-15-37-23-31(2)22-32(3)24-44(62-11)47-45(63-12)26-34(5)52(60,66-47)48(57)49(58)53-21-17-16-18-39(53)50(59)65-46(35(6)42(28-40(37)56)67-68(13,14)51(7,8)9)33(4)25-36-19-20-41(43(27-36)61-10)64-30-38(55)29-54/h23,25,32,34-39,41-47,54-55,60H,15-22,24,26-30H2,1-14H3. The van der Waals surface area contributed by atoms with E-state index in [2.05, 4.69) is 52.9 Å². The molecule has 1 saturated carbocycles. The number of cyclic esters (lactones) is 1. The molecule has 3 heterocycles. The highest BCUT2D eigenvalue weighted by Gasteiger charge is 2.57. The number of amides is 1. The van der Waals surface area contributed by atoms with Crippen molar-refractivity contribution < 1.29 is 67.3 Å². The number of aliphatic hydroxyl groups excluding tert-OH is 2. The summed E-state index contributed by atoms with van der Waals surface area (Å²) in [4.78, 5) is 59.9. The number of Topliss-reactive ketones (excluding diaryl/α,β-unsaturated/α-hetero) is 2. The van der Waals surface area contributed by atoms with Crippen LogP contribution in [0.1, 0.15) is 133 Å². The molecule has 0 aromatic carbocycles. The molecule has 3 fully saturated rings. The predicted octanol–water partition coefficient (Wildman–Crippen LogP) is 6.88. The van der Waals surface area contributed by atoms with Crippen molar-refractivity contribution in [1.29, 1.82) is 0 Å². The molecule has 16 heteroatoms. The Morgan fingerprint density at radius 3 is 2.18 bits per heavy atom. The Morgan fingerprint density at radius 1 is 0.926 bits per heavy atom. The molecule has 68 heavy (non-hydrogen) atoms. The topological polar surface area (TPSA) is 197 Å². The smallest absolute Gasteiger partial charge is 0.329 e. The first-order valence-electron chi connectivity index (χ1n) is 25.4. The molecule has 15 atom stereocenters. The number of carbonyl (C=O) groups is 4. The second-order valence-electron chi connectivity index (χ2n) is 22.1. The first-order chi connectivity index (χ1) is 31.8. The van der Waals surface area contributed by atoms with Crippen molar-refractivity contribution in [3.05, 3.63) is 23.3 Å². The van der Waals surface area contributed by atoms with Crippen molar-refractivity contribution in [2.75, 3.05) is 41.1 Å². The Bertz CT molecular complexity index is 1750. The molecule has 15 unspecified atom stereocenters. The minimum Gasteiger partial charge on any atom is -0.456 e. The van der Waals surface area contributed by atoms with E-state index in [4.69, 9.17) is 32.8 Å². The number of nitrogens with zero attached hydrogens (tertiary/aromatic N) is 1. The van der Waals surface area contributed by atoms with E-state index in [0.717, 1.165) is 11.1 Å². The average Bonchev–Trinajstić information content (AvgIpc) is 3.29. The minimum atomic E-state index is -2.56. The number of carbonyl (C=O) groups excluding carboxylic acids is 4. The van der Waals surface area contributed by atoms with Crippen molar-refractivity contribution in [3.63, 3.8) is 0 Å². The van der Waals surface area contributed by atoms with E-state index in [1.807, 2.05) is 27.7 Å². The minimum absolute atomic E-state index is 0.0113. The van der Waals surface area contributed by atoms with Crippen LogP contribution in [0.2, 0.25) is 18.1 Å². The molecule has 390 valence electrons. The number of rotatable bonds is 12. The summed E-state index contributed by atoms with van der Waals surface area (Å²) >= 11 is 0. The Morgan fingerprint density at radius 2 is 1.57 bits per heavy atom. The molecule has 0 spiro atoms. The van der Waals surface area contributed by atoms with Crippen LogP contribution in [0.15, 0.2) is 23.3 Å². The van der Waals surface area contributed by atoms with Crippen molar-refractivity contribution in [1.82, 2.24) is 4.90 Å². The third-order valence-corrected chi connectivity index (χ3v) is 20.3. The van der Waals surface area contributed by atoms with Gasteiger partial charge in [0.25, 0.3) is 11.7 Å². The number of aliphatic hydroxyl groups is 3. The van der Waals surface area contributed by atoms with E-state index < -0.39 is 98.8 Å². The van der Waals surface area contributed by atoms with Gasteiger partial charge in [0, 0.05) is 52.0 Å². The van der Waals surface area contributed by atoms with E-state index in [0.29, 0.717) is 51.4 Å². The van der Waals surface area contributed by atoms with Gasteiger partial charge in [-0.3, -0.25) is 14.4 Å². The summed E-state index contributed by atoms with van der Waals surface area (Å²) in [6.07, 6.45) is 4.30. The predicted molar refractivity (Wildman–Crippen MR) is 261 cm³/mol. The van der Waals surface area contributed by atoms with Gasteiger partial charge in [0.1, 0.15) is 30.1 Å². The van der Waals surface area contributed by atoms with Gasteiger partial charge in [0.05, 0.1) is 43.7 Å². The molecule has 3 N–H and O–H groups in total. The lowest BCUT2D eigenvalue weighted by Crippen LogP contribution is -2.64. The SMILES string of the molecule is CCC1C=C(C)CC(C)CC(OC)C2OC(O)(C(=O)C(=O)N3CCCCC3C(=O)OC(C(C)=CC3CCC(OCC(O)CO)C(OC)C3)C(C)C(O[Si](C)(C)C(C)(C)C)CC1=O)C(C)CC2OC. The second kappa shape index (κ2) is 25.3. The van der Waals surface area contributed by atoms with Gasteiger partial charge in [-0.05, 0) is 114 Å². The fourth-order valence-electron chi connectivity index (χ4n) is 10.5. The number of methoxy groups -OCH3 is 3. The van der Waals surface area contributed by atoms with Crippen LogP contribution in [0, 0.1) is 29.6 Å². The molecule has 3 aliphatic heterocycles. The number of ketones is 2. The van der Waals surface area contributed by atoms with Gasteiger partial charge in [-0.15, -0.1) is 0 Å². The van der Waals surface area contributed by atoms with Gasteiger partial charge in [-0.25, -0.2) is 4.79 Å². The Labute approximate surface area is 408 Å². The molecule has 4 rings (SSSR count). The van der Waals surface area contributed by atoms with Crippen LogP contribution in [0.4, 0.5) is 0 Å². The van der Waals surface area contributed by atoms with Crippen molar-refractivity contribution >= 4 is 31.8 Å². The Kier molecular flexibility index (Phi) is 21.7. The summed E-state index contributed by atoms with van der Waals surface area (Å²) in [5, 5.41) is 31.3. The molecule has 0 radical (unpaired) electrons. The first kappa shape index (κ1) is 58.2. The number of piperidine rings is 1. The number of fused-ring (bicyclic) bond motifs is 3. The third-order valence-electron chi connectivity index (χ3n) is 15.8. The molecule has 1 amide bonds. The van der Waals surface area contributed by atoms with Crippen LogP contribution >= 0.6 is 0 Å². The van der Waals surface area contributed by atoms with Gasteiger partial charge in [0.15, 0.2) is 8.32 Å². The van der Waals surface area contributed by atoms with Crippen molar-refractivity contribution in [2.24, 2.45) is 29.6 Å². The summed E-state index contributed by atoms with van der Waals surface area (Å²) in [7, 11) is 2.16. The van der Waals surface area contributed by atoms with Crippen LogP contribution in [0.3, 0.4) is 0 Å². The highest BCUT2D eigenvalue weighted by atomic mass is 28.4. The summed E-state index contributed by atoms with van der Waals surface area (Å²) in [6.45, 7) is 22.1. The maximum absolute atomic E-state index is 14.9. The van der Waals surface area contributed by atoms with Crippen molar-refractivity contribution in [3.8, 4) is 0 Å². The zero-order chi connectivity index (χ0) is 50.9.